The normalized spacial score (nSPS) is 13.2. The van der Waals surface area contributed by atoms with Crippen molar-refractivity contribution in [2.75, 3.05) is 20.3 Å². The molecule has 0 saturated heterocycles. The van der Waals surface area contributed by atoms with Crippen LogP contribution < -0.4 is 19.8 Å². The van der Waals surface area contributed by atoms with Crippen LogP contribution in [-0.2, 0) is 12.8 Å². The zero-order valence-corrected chi connectivity index (χ0v) is 25.0. The van der Waals surface area contributed by atoms with E-state index in [4.69, 9.17) is 19.3 Å². The largest absolute Gasteiger partial charge is 0.493 e. The van der Waals surface area contributed by atoms with Crippen LogP contribution >= 0.6 is 0 Å². The number of benzene rings is 2. The SMILES string of the molecule is COc1cc2c(Oc3ccc(CC(=O)c4cc5c(n(-c6ccccc6)c4=O)CCCC5=O)nc3)ccnc2cc1OC[C@H](O)CO. The van der Waals surface area contributed by atoms with Gasteiger partial charge in [-0.1, -0.05) is 18.2 Å². The smallest absolute Gasteiger partial charge is 0.266 e. The fourth-order valence-electron chi connectivity index (χ4n) is 5.43. The third-order valence-electron chi connectivity index (χ3n) is 7.73. The Morgan fingerprint density at radius 1 is 0.978 bits per heavy atom. The average molecular weight is 622 g/mol. The van der Waals surface area contributed by atoms with Gasteiger partial charge in [0, 0.05) is 46.7 Å². The van der Waals surface area contributed by atoms with Gasteiger partial charge in [-0.3, -0.25) is 28.9 Å². The number of carbonyl (C=O) groups excluding carboxylic acids is 2. The Bertz CT molecular complexity index is 1970. The number of ether oxygens (including phenoxy) is 3. The number of ketones is 2. The van der Waals surface area contributed by atoms with E-state index < -0.39 is 24.1 Å². The lowest BCUT2D eigenvalue weighted by Gasteiger charge is -2.21. The molecule has 234 valence electrons. The van der Waals surface area contributed by atoms with Crippen molar-refractivity contribution in [1.29, 1.82) is 0 Å². The van der Waals surface area contributed by atoms with Gasteiger partial charge >= 0.3 is 0 Å². The van der Waals surface area contributed by atoms with Crippen molar-refractivity contribution in [2.24, 2.45) is 0 Å². The topological polar surface area (TPSA) is 150 Å². The second kappa shape index (κ2) is 13.3. The number of Topliss-reactive ketones (excluding diaryl/α,β-unsaturated/α-hetero) is 2. The van der Waals surface area contributed by atoms with Gasteiger partial charge in [0.15, 0.2) is 23.1 Å². The van der Waals surface area contributed by atoms with Crippen molar-refractivity contribution in [3.05, 3.63) is 112 Å². The lowest BCUT2D eigenvalue weighted by molar-refractivity contribution is 0.0528. The molecule has 11 heteroatoms. The number of aliphatic hydroxyl groups is 2. The van der Waals surface area contributed by atoms with Crippen molar-refractivity contribution < 1.29 is 34.0 Å². The third-order valence-corrected chi connectivity index (χ3v) is 7.73. The van der Waals surface area contributed by atoms with Gasteiger partial charge in [-0.15, -0.1) is 0 Å². The van der Waals surface area contributed by atoms with Gasteiger partial charge in [0.05, 0.1) is 37.4 Å². The zero-order chi connectivity index (χ0) is 32.2. The Kier molecular flexibility index (Phi) is 8.86. The number of fused-ring (bicyclic) bond motifs is 2. The number of aromatic nitrogens is 3. The van der Waals surface area contributed by atoms with Crippen LogP contribution in [0.2, 0.25) is 0 Å². The highest BCUT2D eigenvalue weighted by molar-refractivity contribution is 6.03. The molecule has 0 fully saturated rings. The number of aliphatic hydroxyl groups excluding tert-OH is 2. The number of rotatable bonds is 11. The molecule has 0 aliphatic heterocycles. The minimum Gasteiger partial charge on any atom is -0.493 e. The van der Waals surface area contributed by atoms with Crippen molar-refractivity contribution in [3.63, 3.8) is 0 Å². The van der Waals surface area contributed by atoms with Crippen LogP contribution in [0.3, 0.4) is 0 Å². The van der Waals surface area contributed by atoms with Gasteiger partial charge < -0.3 is 24.4 Å². The maximum Gasteiger partial charge on any atom is 0.266 e. The highest BCUT2D eigenvalue weighted by Crippen LogP contribution is 2.37. The predicted octanol–water partition coefficient (Wildman–Crippen LogP) is 4.26. The molecule has 46 heavy (non-hydrogen) atoms. The number of pyridine rings is 3. The number of carbonyl (C=O) groups is 2. The van der Waals surface area contributed by atoms with Crippen LogP contribution in [-0.4, -0.2) is 62.7 Å². The average Bonchev–Trinajstić information content (AvgIpc) is 3.08. The van der Waals surface area contributed by atoms with Crippen molar-refractivity contribution in [2.45, 2.75) is 31.8 Å². The van der Waals surface area contributed by atoms with E-state index in [1.54, 1.807) is 48.7 Å². The summed E-state index contributed by atoms with van der Waals surface area (Å²) in [6.07, 6.45) is 3.48. The van der Waals surface area contributed by atoms with Crippen molar-refractivity contribution in [1.82, 2.24) is 14.5 Å². The van der Waals surface area contributed by atoms with E-state index in [9.17, 15) is 19.5 Å². The first-order valence-electron chi connectivity index (χ1n) is 14.8. The molecule has 0 spiro atoms. The molecule has 0 amide bonds. The summed E-state index contributed by atoms with van der Waals surface area (Å²) in [5, 5.41) is 19.3. The Balaban J connectivity index is 1.23. The standard InChI is InChI=1S/C35H31N3O8/c1-44-33-16-25-28(17-34(33)45-20-23(40)19-39)36-13-12-32(25)46-24-11-10-21(37-18-24)14-31(42)27-15-26-29(8-5-9-30(26)41)38(35(27)43)22-6-3-2-4-7-22/h2-4,6-7,10-13,15-18,23,39-40H,5,8-9,14,19-20H2,1H3/t23-/m1/s1. The van der Waals surface area contributed by atoms with E-state index >= 15 is 0 Å². The molecule has 0 radical (unpaired) electrons. The molecular weight excluding hydrogens is 590 g/mol. The van der Waals surface area contributed by atoms with Crippen LogP contribution in [0, 0.1) is 0 Å². The van der Waals surface area contributed by atoms with Crippen LogP contribution in [0.5, 0.6) is 23.0 Å². The molecule has 0 saturated carbocycles. The molecule has 1 aliphatic rings. The summed E-state index contributed by atoms with van der Waals surface area (Å²) in [6.45, 7) is -0.557. The summed E-state index contributed by atoms with van der Waals surface area (Å²) in [5.74, 6) is 1.09. The summed E-state index contributed by atoms with van der Waals surface area (Å²) in [5.41, 5.74) is 2.13. The Labute approximate surface area is 263 Å². The molecule has 2 N–H and O–H groups in total. The second-order valence-electron chi connectivity index (χ2n) is 10.8. The summed E-state index contributed by atoms with van der Waals surface area (Å²) < 4.78 is 18.6. The molecule has 1 atom stereocenters. The maximum absolute atomic E-state index is 13.6. The van der Waals surface area contributed by atoms with Gasteiger partial charge in [-0.05, 0) is 55.3 Å². The number of hydrogen-bond acceptors (Lipinski definition) is 10. The van der Waals surface area contributed by atoms with Gasteiger partial charge in [0.1, 0.15) is 24.2 Å². The number of methoxy groups -OCH3 is 1. The molecule has 2 aromatic carbocycles. The highest BCUT2D eigenvalue weighted by atomic mass is 16.5. The van der Waals surface area contributed by atoms with E-state index in [0.717, 1.165) is 0 Å². The monoisotopic (exact) mass is 621 g/mol. The maximum atomic E-state index is 13.6. The zero-order valence-electron chi connectivity index (χ0n) is 25.0. The molecule has 11 nitrogen and oxygen atoms in total. The van der Waals surface area contributed by atoms with E-state index in [1.807, 2.05) is 18.2 Å². The summed E-state index contributed by atoms with van der Waals surface area (Å²) in [4.78, 5) is 48.7. The predicted molar refractivity (Wildman–Crippen MR) is 169 cm³/mol. The van der Waals surface area contributed by atoms with Gasteiger partial charge in [-0.2, -0.15) is 0 Å². The van der Waals surface area contributed by atoms with Crippen LogP contribution in [0.1, 0.15) is 44.9 Å². The van der Waals surface area contributed by atoms with E-state index in [-0.39, 0.29) is 24.4 Å². The fraction of sp³-hybridized carbons (Fsp3) is 0.229. The molecule has 1 aliphatic carbocycles. The first-order chi connectivity index (χ1) is 22.4. The number of nitrogens with zero attached hydrogens (tertiary/aromatic N) is 3. The molecule has 0 bridgehead atoms. The second-order valence-corrected chi connectivity index (χ2v) is 10.8. The minimum atomic E-state index is -1.04. The van der Waals surface area contributed by atoms with Crippen molar-refractivity contribution in [3.8, 4) is 28.7 Å². The minimum absolute atomic E-state index is 0.0496. The first kappa shape index (κ1) is 30.6. The Morgan fingerprint density at radius 2 is 1.80 bits per heavy atom. The van der Waals surface area contributed by atoms with Crippen LogP contribution in [0.4, 0.5) is 0 Å². The highest BCUT2D eigenvalue weighted by Gasteiger charge is 2.26. The molecule has 3 aromatic heterocycles. The number of para-hydroxylation sites is 1. The summed E-state index contributed by atoms with van der Waals surface area (Å²) in [7, 11) is 1.48. The van der Waals surface area contributed by atoms with Crippen molar-refractivity contribution >= 4 is 22.5 Å². The van der Waals surface area contributed by atoms with E-state index in [0.29, 0.717) is 75.8 Å². The molecule has 3 heterocycles. The summed E-state index contributed by atoms with van der Waals surface area (Å²) in [6, 6.07) is 18.8. The molecule has 0 unspecified atom stereocenters. The lowest BCUT2D eigenvalue weighted by Crippen LogP contribution is -2.32. The van der Waals surface area contributed by atoms with Crippen LogP contribution in [0.25, 0.3) is 16.6 Å². The molecular formula is C35H31N3O8. The van der Waals surface area contributed by atoms with Gasteiger partial charge in [0.25, 0.3) is 5.56 Å². The van der Waals surface area contributed by atoms with Gasteiger partial charge in [0.2, 0.25) is 0 Å². The quantitative estimate of drug-likeness (QED) is 0.205. The number of hydrogen-bond donors (Lipinski definition) is 2. The Morgan fingerprint density at radius 3 is 2.54 bits per heavy atom. The van der Waals surface area contributed by atoms with Gasteiger partial charge in [-0.25, -0.2) is 0 Å². The molecule has 5 aromatic rings. The van der Waals surface area contributed by atoms with E-state index in [1.165, 1.54) is 23.9 Å². The fourth-order valence-corrected chi connectivity index (χ4v) is 5.43. The first-order valence-corrected chi connectivity index (χ1v) is 14.8. The molecule has 6 rings (SSSR count). The Hall–Kier alpha value is -5.39. The van der Waals surface area contributed by atoms with E-state index in [2.05, 4.69) is 9.97 Å². The lowest BCUT2D eigenvalue weighted by atomic mass is 9.91. The third kappa shape index (κ3) is 6.23. The van der Waals surface area contributed by atoms with Crippen LogP contribution in [0.15, 0.2) is 83.9 Å². The summed E-state index contributed by atoms with van der Waals surface area (Å²) >= 11 is 0.